The lowest BCUT2D eigenvalue weighted by molar-refractivity contribution is -0.139. The van der Waals surface area contributed by atoms with E-state index in [2.05, 4.69) is 30.6 Å². The first-order chi connectivity index (χ1) is 8.04. The van der Waals surface area contributed by atoms with Gasteiger partial charge in [0.2, 0.25) is 0 Å². The quantitative estimate of drug-likeness (QED) is 0.769. The average molecular weight is 242 g/mol. The molecule has 1 fully saturated rings. The third-order valence-corrected chi connectivity index (χ3v) is 3.55. The molecule has 1 saturated heterocycles. The van der Waals surface area contributed by atoms with Crippen LogP contribution >= 0.6 is 0 Å². The predicted octanol–water partition coefficient (Wildman–Crippen LogP) is 1.66. The van der Waals surface area contributed by atoms with Crippen molar-refractivity contribution in [1.29, 1.82) is 0 Å². The van der Waals surface area contributed by atoms with Gasteiger partial charge in [-0.05, 0) is 52.7 Å². The topological polar surface area (TPSA) is 43.8 Å². The van der Waals surface area contributed by atoms with Gasteiger partial charge in [0.15, 0.2) is 0 Å². The van der Waals surface area contributed by atoms with Crippen molar-refractivity contribution in [3.63, 3.8) is 0 Å². The van der Waals surface area contributed by atoms with Gasteiger partial charge in [0.1, 0.15) is 0 Å². The van der Waals surface area contributed by atoms with E-state index in [0.29, 0.717) is 12.1 Å². The molecule has 1 aliphatic rings. The van der Waals surface area contributed by atoms with Gasteiger partial charge in [0, 0.05) is 12.1 Å². The molecule has 0 aliphatic carbocycles. The van der Waals surface area contributed by atoms with Crippen LogP contribution in [0.2, 0.25) is 0 Å². The van der Waals surface area contributed by atoms with Crippen LogP contribution in [-0.2, 0) is 4.79 Å². The molecule has 1 N–H and O–H groups in total. The molecule has 1 rings (SSSR count). The standard InChI is InChI=1S/C13H26N2O2/c1-4-7-14-8-5-12(6-9-14)15(11(2)3)10-13(16)17/h11-12H,4-10H2,1-3H3,(H,16,17). The zero-order chi connectivity index (χ0) is 12.8. The van der Waals surface area contributed by atoms with Gasteiger partial charge in [-0.3, -0.25) is 9.69 Å². The van der Waals surface area contributed by atoms with Gasteiger partial charge >= 0.3 is 5.97 Å². The van der Waals surface area contributed by atoms with Crippen molar-refractivity contribution in [2.24, 2.45) is 0 Å². The van der Waals surface area contributed by atoms with E-state index in [1.54, 1.807) is 0 Å². The summed E-state index contributed by atoms with van der Waals surface area (Å²) in [5.41, 5.74) is 0. The second-order valence-electron chi connectivity index (χ2n) is 5.23. The van der Waals surface area contributed by atoms with E-state index in [0.717, 1.165) is 25.9 Å². The van der Waals surface area contributed by atoms with Crippen molar-refractivity contribution in [1.82, 2.24) is 9.80 Å². The zero-order valence-electron chi connectivity index (χ0n) is 11.4. The zero-order valence-corrected chi connectivity index (χ0v) is 11.4. The number of carbonyl (C=O) groups is 1. The molecule has 0 aromatic carbocycles. The minimum absolute atomic E-state index is 0.177. The summed E-state index contributed by atoms with van der Waals surface area (Å²) in [6.07, 6.45) is 3.41. The van der Waals surface area contributed by atoms with Crippen LogP contribution in [-0.4, -0.2) is 59.1 Å². The maximum absolute atomic E-state index is 10.9. The van der Waals surface area contributed by atoms with E-state index >= 15 is 0 Å². The van der Waals surface area contributed by atoms with Crippen LogP contribution in [0, 0.1) is 0 Å². The molecule has 0 saturated carbocycles. The van der Waals surface area contributed by atoms with Crippen molar-refractivity contribution in [2.75, 3.05) is 26.2 Å². The third kappa shape index (κ3) is 4.64. The summed E-state index contributed by atoms with van der Waals surface area (Å²) < 4.78 is 0. The number of aliphatic carboxylic acids is 1. The lowest BCUT2D eigenvalue weighted by Gasteiger charge is -2.39. The molecule has 0 bridgehead atoms. The van der Waals surface area contributed by atoms with Crippen molar-refractivity contribution in [3.05, 3.63) is 0 Å². The van der Waals surface area contributed by atoms with Crippen molar-refractivity contribution < 1.29 is 9.90 Å². The molecule has 4 heteroatoms. The molecule has 4 nitrogen and oxygen atoms in total. The summed E-state index contributed by atoms with van der Waals surface area (Å²) in [7, 11) is 0. The summed E-state index contributed by atoms with van der Waals surface area (Å²) >= 11 is 0. The predicted molar refractivity (Wildman–Crippen MR) is 69.2 cm³/mol. The summed E-state index contributed by atoms with van der Waals surface area (Å²) in [6.45, 7) is 9.95. The van der Waals surface area contributed by atoms with Crippen LogP contribution in [0.5, 0.6) is 0 Å². The van der Waals surface area contributed by atoms with Crippen LogP contribution in [0.25, 0.3) is 0 Å². The monoisotopic (exact) mass is 242 g/mol. The van der Waals surface area contributed by atoms with Crippen LogP contribution in [0.15, 0.2) is 0 Å². The van der Waals surface area contributed by atoms with Crippen molar-refractivity contribution in [2.45, 2.75) is 52.1 Å². The molecule has 17 heavy (non-hydrogen) atoms. The highest BCUT2D eigenvalue weighted by molar-refractivity contribution is 5.69. The molecule has 0 radical (unpaired) electrons. The molecule has 0 amide bonds. The van der Waals surface area contributed by atoms with Crippen molar-refractivity contribution in [3.8, 4) is 0 Å². The first-order valence-electron chi connectivity index (χ1n) is 6.74. The third-order valence-electron chi connectivity index (χ3n) is 3.55. The minimum atomic E-state index is -0.713. The molecule has 0 spiro atoms. The fourth-order valence-corrected chi connectivity index (χ4v) is 2.68. The Morgan fingerprint density at radius 3 is 2.41 bits per heavy atom. The summed E-state index contributed by atoms with van der Waals surface area (Å²) in [5.74, 6) is -0.713. The minimum Gasteiger partial charge on any atom is -0.480 e. The number of hydrogen-bond donors (Lipinski definition) is 1. The number of likely N-dealkylation sites (tertiary alicyclic amines) is 1. The molecule has 0 atom stereocenters. The number of piperidine rings is 1. The van der Waals surface area contributed by atoms with E-state index in [1.165, 1.54) is 13.0 Å². The van der Waals surface area contributed by atoms with E-state index in [1.807, 2.05) is 0 Å². The Morgan fingerprint density at radius 2 is 2.00 bits per heavy atom. The van der Waals surface area contributed by atoms with Crippen LogP contribution in [0.4, 0.5) is 0 Å². The Bertz CT molecular complexity index is 236. The smallest absolute Gasteiger partial charge is 0.317 e. The SMILES string of the molecule is CCCN1CCC(N(CC(=O)O)C(C)C)CC1. The van der Waals surface area contributed by atoms with Crippen LogP contribution in [0.3, 0.4) is 0 Å². The second kappa shape index (κ2) is 6.97. The number of nitrogens with zero attached hydrogens (tertiary/aromatic N) is 2. The van der Waals surface area contributed by atoms with Gasteiger partial charge in [-0.1, -0.05) is 6.92 Å². The van der Waals surface area contributed by atoms with Crippen molar-refractivity contribution >= 4 is 5.97 Å². The number of carboxylic acids is 1. The molecule has 100 valence electrons. The Hall–Kier alpha value is -0.610. The fourth-order valence-electron chi connectivity index (χ4n) is 2.68. The second-order valence-corrected chi connectivity index (χ2v) is 5.23. The van der Waals surface area contributed by atoms with Gasteiger partial charge < -0.3 is 10.0 Å². The first-order valence-corrected chi connectivity index (χ1v) is 6.74. The van der Waals surface area contributed by atoms with Crippen LogP contribution < -0.4 is 0 Å². The summed E-state index contributed by atoms with van der Waals surface area (Å²) in [6, 6.07) is 0.757. The highest BCUT2D eigenvalue weighted by atomic mass is 16.4. The Kier molecular flexibility index (Phi) is 5.92. The molecule has 0 unspecified atom stereocenters. The molecule has 0 aromatic heterocycles. The van der Waals surface area contributed by atoms with Gasteiger partial charge in [0.25, 0.3) is 0 Å². The molecule has 1 heterocycles. The van der Waals surface area contributed by atoms with E-state index < -0.39 is 5.97 Å². The maximum atomic E-state index is 10.9. The largest absolute Gasteiger partial charge is 0.480 e. The first kappa shape index (κ1) is 14.5. The van der Waals surface area contributed by atoms with E-state index in [-0.39, 0.29) is 6.54 Å². The number of carboxylic acid groups (broad SMARTS) is 1. The summed E-state index contributed by atoms with van der Waals surface area (Å²) in [5, 5.41) is 8.95. The number of rotatable bonds is 6. The Balaban J connectivity index is 2.46. The van der Waals surface area contributed by atoms with Gasteiger partial charge in [-0.2, -0.15) is 0 Å². The Labute approximate surface area is 105 Å². The number of hydrogen-bond acceptors (Lipinski definition) is 3. The molecule has 1 aliphatic heterocycles. The van der Waals surface area contributed by atoms with Gasteiger partial charge in [-0.15, -0.1) is 0 Å². The average Bonchev–Trinajstić information content (AvgIpc) is 2.27. The normalized spacial score (nSPS) is 19.1. The lowest BCUT2D eigenvalue weighted by Crippen LogP contribution is -2.49. The van der Waals surface area contributed by atoms with Gasteiger partial charge in [-0.25, -0.2) is 0 Å². The van der Waals surface area contributed by atoms with E-state index in [9.17, 15) is 4.79 Å². The molecular weight excluding hydrogens is 216 g/mol. The fraction of sp³-hybridized carbons (Fsp3) is 0.923. The van der Waals surface area contributed by atoms with E-state index in [4.69, 9.17) is 5.11 Å². The van der Waals surface area contributed by atoms with Gasteiger partial charge in [0.05, 0.1) is 6.54 Å². The molecule has 0 aromatic rings. The highest BCUT2D eigenvalue weighted by Gasteiger charge is 2.27. The van der Waals surface area contributed by atoms with Crippen LogP contribution in [0.1, 0.15) is 40.0 Å². The summed E-state index contributed by atoms with van der Waals surface area (Å²) in [4.78, 5) is 15.5. The molecular formula is C13H26N2O2. The lowest BCUT2D eigenvalue weighted by atomic mass is 10.0. The Morgan fingerprint density at radius 1 is 1.41 bits per heavy atom. The maximum Gasteiger partial charge on any atom is 0.317 e. The highest BCUT2D eigenvalue weighted by Crippen LogP contribution is 2.18.